The number of nitrogens with one attached hydrogen (secondary N) is 1. The minimum absolute atomic E-state index is 0.106. The molecule has 0 bridgehead atoms. The Bertz CT molecular complexity index is 1140. The van der Waals surface area contributed by atoms with E-state index in [9.17, 15) is 18.0 Å². The van der Waals surface area contributed by atoms with Crippen LogP contribution in [0.1, 0.15) is 5.56 Å². The van der Waals surface area contributed by atoms with Gasteiger partial charge in [0.15, 0.2) is 5.82 Å². The van der Waals surface area contributed by atoms with Gasteiger partial charge < -0.3 is 14.8 Å². The molecule has 0 saturated heterocycles. The largest absolute Gasteiger partial charge is 0.497 e. The number of nitrogens with zero attached hydrogens (tertiary/aromatic N) is 5. The Balaban J connectivity index is 1.75. The van der Waals surface area contributed by atoms with Crippen LogP contribution in [0.2, 0.25) is 0 Å². The van der Waals surface area contributed by atoms with Crippen LogP contribution in [0.3, 0.4) is 0 Å². The van der Waals surface area contributed by atoms with Crippen LogP contribution in [0.15, 0.2) is 48.8 Å². The van der Waals surface area contributed by atoms with Crippen LogP contribution in [0.4, 0.5) is 41.1 Å². The number of pyridine rings is 1. The summed E-state index contributed by atoms with van der Waals surface area (Å²) in [6.45, 7) is -1.19. The number of amides is 2. The van der Waals surface area contributed by atoms with E-state index in [0.717, 1.165) is 0 Å². The Morgan fingerprint density at radius 3 is 2.33 bits per heavy atom. The van der Waals surface area contributed by atoms with E-state index in [-0.39, 0.29) is 18.3 Å². The number of methoxy groups -OCH3 is 2. The van der Waals surface area contributed by atoms with Crippen LogP contribution in [-0.2, 0) is 6.54 Å². The van der Waals surface area contributed by atoms with E-state index in [1.54, 1.807) is 36.4 Å². The van der Waals surface area contributed by atoms with Crippen molar-refractivity contribution in [2.45, 2.75) is 12.7 Å². The van der Waals surface area contributed by atoms with Gasteiger partial charge in [-0.2, -0.15) is 18.2 Å². The molecule has 1 aromatic carbocycles. The zero-order valence-electron chi connectivity index (χ0n) is 17.6. The van der Waals surface area contributed by atoms with Crippen molar-refractivity contribution in [2.75, 3.05) is 35.9 Å². The summed E-state index contributed by atoms with van der Waals surface area (Å²) in [4.78, 5) is 28.6. The normalized spacial score (nSPS) is 13.5. The number of anilines is 4. The molecule has 3 aromatic rings. The predicted octanol–water partition coefficient (Wildman–Crippen LogP) is 4.14. The standard InChI is InChI=1S/C21H19F3N6O3/c1-32-16-6-3-14(4-7-16)30-18-13(9-26-19(28-18)27-12-21(22,23)24)11-29(20(30)31)15-5-8-17(33-2)25-10-15/h3-10H,11-12H2,1-2H3,(H,26,27,28). The van der Waals surface area contributed by atoms with E-state index < -0.39 is 18.8 Å². The van der Waals surface area contributed by atoms with Crippen LogP contribution in [-0.4, -0.2) is 47.9 Å². The predicted molar refractivity (Wildman–Crippen MR) is 114 cm³/mol. The van der Waals surface area contributed by atoms with Crippen LogP contribution < -0.4 is 24.6 Å². The number of ether oxygens (including phenoxy) is 2. The molecule has 2 amide bonds. The van der Waals surface area contributed by atoms with Crippen molar-refractivity contribution in [1.29, 1.82) is 0 Å². The van der Waals surface area contributed by atoms with Crippen molar-refractivity contribution in [3.05, 3.63) is 54.4 Å². The molecule has 0 unspecified atom stereocenters. The molecule has 9 nitrogen and oxygen atoms in total. The van der Waals surface area contributed by atoms with Gasteiger partial charge in [0.2, 0.25) is 11.8 Å². The number of halogens is 3. The summed E-state index contributed by atoms with van der Waals surface area (Å²) in [5.41, 5.74) is 1.50. The van der Waals surface area contributed by atoms with Gasteiger partial charge >= 0.3 is 12.2 Å². The van der Waals surface area contributed by atoms with E-state index in [2.05, 4.69) is 20.3 Å². The first-order chi connectivity index (χ1) is 15.8. The Morgan fingerprint density at radius 2 is 1.73 bits per heavy atom. The number of hydrogen-bond donors (Lipinski definition) is 1. The summed E-state index contributed by atoms with van der Waals surface area (Å²) in [6.07, 6.45) is -1.55. The number of fused-ring (bicyclic) bond motifs is 1. The van der Waals surface area contributed by atoms with E-state index in [4.69, 9.17) is 9.47 Å². The van der Waals surface area contributed by atoms with E-state index >= 15 is 0 Å². The van der Waals surface area contributed by atoms with Crippen LogP contribution in [0.5, 0.6) is 11.6 Å². The molecule has 0 aliphatic carbocycles. The summed E-state index contributed by atoms with van der Waals surface area (Å²) in [6, 6.07) is 9.49. The minimum Gasteiger partial charge on any atom is -0.497 e. The molecule has 0 atom stereocenters. The monoisotopic (exact) mass is 460 g/mol. The third-order valence-corrected chi connectivity index (χ3v) is 4.82. The first kappa shape index (κ1) is 22.1. The summed E-state index contributed by atoms with van der Waals surface area (Å²) >= 11 is 0. The number of benzene rings is 1. The van der Waals surface area contributed by atoms with Crippen molar-refractivity contribution in [2.24, 2.45) is 0 Å². The fourth-order valence-corrected chi connectivity index (χ4v) is 3.24. The zero-order chi connectivity index (χ0) is 23.6. The van der Waals surface area contributed by atoms with Crippen molar-refractivity contribution in [1.82, 2.24) is 15.0 Å². The molecular formula is C21H19F3N6O3. The summed E-state index contributed by atoms with van der Waals surface area (Å²) < 4.78 is 48.1. The number of hydrogen-bond acceptors (Lipinski definition) is 7. The van der Waals surface area contributed by atoms with Crippen LogP contribution in [0, 0.1) is 0 Å². The summed E-state index contributed by atoms with van der Waals surface area (Å²) in [5.74, 6) is 0.911. The van der Waals surface area contributed by atoms with Gasteiger partial charge in [0.05, 0.1) is 38.3 Å². The Kier molecular flexibility index (Phi) is 5.90. The van der Waals surface area contributed by atoms with E-state index in [1.807, 2.05) is 0 Å². The lowest BCUT2D eigenvalue weighted by Gasteiger charge is -2.36. The molecule has 12 heteroatoms. The summed E-state index contributed by atoms with van der Waals surface area (Å²) in [7, 11) is 3.00. The van der Waals surface area contributed by atoms with Crippen LogP contribution in [0.25, 0.3) is 0 Å². The third-order valence-electron chi connectivity index (χ3n) is 4.82. The van der Waals surface area contributed by atoms with Gasteiger partial charge in [0, 0.05) is 17.8 Å². The lowest BCUT2D eigenvalue weighted by atomic mass is 10.1. The Labute approximate surface area is 186 Å². The molecule has 4 rings (SSSR count). The van der Waals surface area contributed by atoms with E-state index in [1.165, 1.54) is 36.4 Å². The molecule has 0 fully saturated rings. The molecule has 0 saturated carbocycles. The second-order valence-electron chi connectivity index (χ2n) is 6.97. The van der Waals surface area contributed by atoms with E-state index in [0.29, 0.717) is 28.6 Å². The van der Waals surface area contributed by atoms with Gasteiger partial charge in [-0.25, -0.2) is 19.7 Å². The van der Waals surface area contributed by atoms with Crippen molar-refractivity contribution in [3.63, 3.8) is 0 Å². The lowest BCUT2D eigenvalue weighted by Crippen LogP contribution is -2.45. The van der Waals surface area contributed by atoms with Gasteiger partial charge in [0.25, 0.3) is 0 Å². The maximum Gasteiger partial charge on any atom is 0.405 e. The number of urea groups is 1. The summed E-state index contributed by atoms with van der Waals surface area (Å²) in [5, 5.41) is 2.15. The molecular weight excluding hydrogens is 441 g/mol. The van der Waals surface area contributed by atoms with Crippen molar-refractivity contribution in [3.8, 4) is 11.6 Å². The number of carbonyl (C=O) groups is 1. The highest BCUT2D eigenvalue weighted by Crippen LogP contribution is 2.36. The number of rotatable bonds is 6. The molecule has 0 spiro atoms. The number of aromatic nitrogens is 3. The molecule has 0 radical (unpaired) electrons. The Morgan fingerprint density at radius 1 is 1.00 bits per heavy atom. The van der Waals surface area contributed by atoms with Gasteiger partial charge in [0.1, 0.15) is 12.3 Å². The first-order valence-corrected chi connectivity index (χ1v) is 9.71. The average Bonchev–Trinajstić information content (AvgIpc) is 2.82. The number of carbonyl (C=O) groups excluding carboxylic acids is 1. The number of alkyl halides is 3. The van der Waals surface area contributed by atoms with Crippen molar-refractivity contribution >= 4 is 29.2 Å². The fraction of sp³-hybridized carbons (Fsp3) is 0.238. The topological polar surface area (TPSA) is 92.7 Å². The van der Waals surface area contributed by atoms with Gasteiger partial charge in [-0.05, 0) is 30.3 Å². The third kappa shape index (κ3) is 4.73. The zero-order valence-corrected chi connectivity index (χ0v) is 17.6. The maximum absolute atomic E-state index is 13.5. The highest BCUT2D eigenvalue weighted by molar-refractivity contribution is 6.10. The lowest BCUT2D eigenvalue weighted by molar-refractivity contribution is -0.115. The highest BCUT2D eigenvalue weighted by Gasteiger charge is 2.35. The second-order valence-corrected chi connectivity index (χ2v) is 6.97. The van der Waals surface area contributed by atoms with Crippen LogP contribution >= 0.6 is 0 Å². The molecule has 3 heterocycles. The minimum atomic E-state index is -4.44. The maximum atomic E-state index is 13.5. The molecule has 1 aliphatic rings. The average molecular weight is 460 g/mol. The quantitative estimate of drug-likeness (QED) is 0.591. The highest BCUT2D eigenvalue weighted by atomic mass is 19.4. The SMILES string of the molecule is COc1ccc(N2C(=O)N(c3ccc(OC)nc3)Cc3cnc(NCC(F)(F)F)nc32)cc1. The fourth-order valence-electron chi connectivity index (χ4n) is 3.24. The van der Waals surface area contributed by atoms with Gasteiger partial charge in [-0.3, -0.25) is 4.90 Å². The smallest absolute Gasteiger partial charge is 0.405 e. The molecule has 33 heavy (non-hydrogen) atoms. The molecule has 172 valence electrons. The molecule has 1 N–H and O–H groups in total. The first-order valence-electron chi connectivity index (χ1n) is 9.71. The van der Waals surface area contributed by atoms with Gasteiger partial charge in [-0.1, -0.05) is 0 Å². The molecule has 2 aromatic heterocycles. The Hall–Kier alpha value is -4.09. The second kappa shape index (κ2) is 8.81. The van der Waals surface area contributed by atoms with Crippen molar-refractivity contribution < 1.29 is 27.4 Å². The molecule has 1 aliphatic heterocycles. The van der Waals surface area contributed by atoms with Gasteiger partial charge in [-0.15, -0.1) is 0 Å².